The van der Waals surface area contributed by atoms with Crippen LogP contribution in [0.15, 0.2) is 24.3 Å². The van der Waals surface area contributed by atoms with Gasteiger partial charge in [-0.1, -0.05) is 30.7 Å². The smallest absolute Gasteiger partial charge is 0.225 e. The topological polar surface area (TPSA) is 41.1 Å². The van der Waals surface area contributed by atoms with E-state index >= 15 is 0 Å². The number of halogens is 1. The molecule has 1 fully saturated rings. The molecule has 104 valence electrons. The third-order valence-corrected chi connectivity index (χ3v) is 4.07. The first-order valence-electron chi connectivity index (χ1n) is 6.91. The largest absolute Gasteiger partial charge is 0.349 e. The molecule has 4 heteroatoms. The Morgan fingerprint density at radius 3 is 2.95 bits per heavy atom. The van der Waals surface area contributed by atoms with Gasteiger partial charge >= 0.3 is 0 Å². The van der Waals surface area contributed by atoms with E-state index in [0.29, 0.717) is 5.02 Å². The summed E-state index contributed by atoms with van der Waals surface area (Å²) in [6.07, 6.45) is 1.78. The second-order valence-electron chi connectivity index (χ2n) is 5.16. The van der Waals surface area contributed by atoms with E-state index in [0.717, 1.165) is 24.9 Å². The number of benzene rings is 1. The van der Waals surface area contributed by atoms with Gasteiger partial charge in [-0.25, -0.2) is 0 Å². The highest BCUT2D eigenvalue weighted by Crippen LogP contribution is 2.22. The predicted molar refractivity (Wildman–Crippen MR) is 78.2 cm³/mol. The maximum atomic E-state index is 12.3. The van der Waals surface area contributed by atoms with E-state index in [4.69, 9.17) is 11.6 Å². The minimum atomic E-state index is 0.0407. The van der Waals surface area contributed by atoms with Gasteiger partial charge in [0.1, 0.15) is 0 Å². The molecule has 1 aromatic rings. The van der Waals surface area contributed by atoms with E-state index in [1.165, 1.54) is 0 Å². The Kier molecular flexibility index (Phi) is 4.83. The molecule has 0 bridgehead atoms. The van der Waals surface area contributed by atoms with Gasteiger partial charge in [0, 0.05) is 11.1 Å². The minimum Gasteiger partial charge on any atom is -0.349 e. The number of hydrogen-bond donors (Lipinski definition) is 2. The molecule has 0 aliphatic carbocycles. The normalized spacial score (nSPS) is 24.2. The number of rotatable bonds is 4. The molecule has 0 radical (unpaired) electrons. The Labute approximate surface area is 119 Å². The van der Waals surface area contributed by atoms with Crippen molar-refractivity contribution in [2.45, 2.75) is 38.8 Å². The van der Waals surface area contributed by atoms with Crippen molar-refractivity contribution in [2.24, 2.45) is 5.92 Å². The highest BCUT2D eigenvalue weighted by molar-refractivity contribution is 6.30. The molecule has 1 amide bonds. The van der Waals surface area contributed by atoms with Crippen LogP contribution in [0, 0.1) is 5.92 Å². The summed E-state index contributed by atoms with van der Waals surface area (Å²) in [5, 5.41) is 7.16. The van der Waals surface area contributed by atoms with Crippen molar-refractivity contribution in [3.8, 4) is 0 Å². The lowest BCUT2D eigenvalue weighted by Crippen LogP contribution is -2.38. The zero-order valence-electron chi connectivity index (χ0n) is 11.4. The maximum Gasteiger partial charge on any atom is 0.225 e. The van der Waals surface area contributed by atoms with E-state index in [2.05, 4.69) is 24.5 Å². The van der Waals surface area contributed by atoms with Gasteiger partial charge in [0.2, 0.25) is 5.91 Å². The lowest BCUT2D eigenvalue weighted by Gasteiger charge is -2.22. The van der Waals surface area contributed by atoms with Gasteiger partial charge in [0.25, 0.3) is 0 Å². The summed E-state index contributed by atoms with van der Waals surface area (Å²) in [6.45, 7) is 5.06. The molecular formula is C15H21ClN2O. The van der Waals surface area contributed by atoms with Crippen molar-refractivity contribution in [1.29, 1.82) is 0 Å². The monoisotopic (exact) mass is 280 g/mol. The van der Waals surface area contributed by atoms with Gasteiger partial charge in [-0.3, -0.25) is 4.79 Å². The molecule has 19 heavy (non-hydrogen) atoms. The number of nitrogens with one attached hydrogen (secondary N) is 2. The highest BCUT2D eigenvalue weighted by Gasteiger charge is 2.30. The molecule has 1 heterocycles. The third kappa shape index (κ3) is 3.48. The predicted octanol–water partition coefficient (Wildman–Crippen LogP) is 2.91. The zero-order chi connectivity index (χ0) is 13.8. The minimum absolute atomic E-state index is 0.0407. The molecule has 0 aromatic heterocycles. The van der Waals surface area contributed by atoms with E-state index in [1.54, 1.807) is 0 Å². The fourth-order valence-corrected chi connectivity index (χ4v) is 2.84. The van der Waals surface area contributed by atoms with Crippen molar-refractivity contribution in [1.82, 2.24) is 10.6 Å². The first-order valence-corrected chi connectivity index (χ1v) is 7.28. The van der Waals surface area contributed by atoms with Crippen LogP contribution in [0.5, 0.6) is 0 Å². The van der Waals surface area contributed by atoms with Gasteiger partial charge in [0.05, 0.1) is 12.0 Å². The van der Waals surface area contributed by atoms with Crippen LogP contribution in [0.25, 0.3) is 0 Å². The molecule has 1 aliphatic heterocycles. The van der Waals surface area contributed by atoms with Gasteiger partial charge in [0.15, 0.2) is 0 Å². The number of hydrogen-bond acceptors (Lipinski definition) is 2. The van der Waals surface area contributed by atoms with Crippen molar-refractivity contribution >= 4 is 17.5 Å². The van der Waals surface area contributed by atoms with Gasteiger partial charge in [-0.05, 0) is 44.0 Å². The van der Waals surface area contributed by atoms with E-state index < -0.39 is 0 Å². The van der Waals surface area contributed by atoms with Crippen LogP contribution in [-0.2, 0) is 4.79 Å². The molecule has 2 N–H and O–H groups in total. The summed E-state index contributed by atoms with van der Waals surface area (Å²) in [6, 6.07) is 8.01. The van der Waals surface area contributed by atoms with Crippen LogP contribution in [-0.4, -0.2) is 18.5 Å². The summed E-state index contributed by atoms with van der Waals surface area (Å²) in [4.78, 5) is 12.3. The van der Waals surface area contributed by atoms with E-state index in [1.807, 2.05) is 24.3 Å². The second-order valence-corrected chi connectivity index (χ2v) is 5.60. The Hall–Kier alpha value is -1.06. The molecule has 1 aliphatic rings. The third-order valence-electron chi connectivity index (χ3n) is 3.84. The Balaban J connectivity index is 2.05. The molecule has 1 aromatic carbocycles. The first-order chi connectivity index (χ1) is 9.11. The molecule has 3 nitrogen and oxygen atoms in total. The fourth-order valence-electron chi connectivity index (χ4n) is 2.64. The van der Waals surface area contributed by atoms with Crippen LogP contribution in [0.1, 0.15) is 38.3 Å². The fraction of sp³-hybridized carbons (Fsp3) is 0.533. The average Bonchev–Trinajstić information content (AvgIpc) is 2.82. The summed E-state index contributed by atoms with van der Waals surface area (Å²) in [5.74, 6) is 0.220. The summed E-state index contributed by atoms with van der Waals surface area (Å²) < 4.78 is 0. The van der Waals surface area contributed by atoms with E-state index in [9.17, 15) is 4.79 Å². The maximum absolute atomic E-state index is 12.3. The molecule has 0 spiro atoms. The van der Waals surface area contributed by atoms with Crippen LogP contribution in [0.2, 0.25) is 5.02 Å². The quantitative estimate of drug-likeness (QED) is 0.890. The Bertz CT molecular complexity index is 450. The summed E-state index contributed by atoms with van der Waals surface area (Å²) >= 11 is 6.01. The average molecular weight is 281 g/mol. The van der Waals surface area contributed by atoms with Crippen molar-refractivity contribution in [3.63, 3.8) is 0 Å². The summed E-state index contributed by atoms with van der Waals surface area (Å²) in [5.41, 5.74) is 1.07. The standard InChI is InChI=1S/C15H21ClN2O/c1-3-14(11-5-4-6-12(16)9-11)18-15(19)13-7-8-17-10(13)2/h4-6,9-10,13-14,17H,3,7-8H2,1-2H3,(H,18,19). The van der Waals surface area contributed by atoms with Gasteiger partial charge in [-0.15, -0.1) is 0 Å². The Morgan fingerprint density at radius 1 is 1.58 bits per heavy atom. The lowest BCUT2D eigenvalue weighted by atomic mass is 9.98. The van der Waals surface area contributed by atoms with Crippen molar-refractivity contribution in [3.05, 3.63) is 34.9 Å². The number of carbonyl (C=O) groups excluding carboxylic acids is 1. The van der Waals surface area contributed by atoms with E-state index in [-0.39, 0.29) is 23.9 Å². The number of carbonyl (C=O) groups is 1. The zero-order valence-corrected chi connectivity index (χ0v) is 12.2. The van der Waals surface area contributed by atoms with Gasteiger partial charge < -0.3 is 10.6 Å². The molecule has 3 unspecified atom stereocenters. The van der Waals surface area contributed by atoms with Crippen LogP contribution < -0.4 is 10.6 Å². The molecule has 0 saturated carbocycles. The van der Waals surface area contributed by atoms with Gasteiger partial charge in [-0.2, -0.15) is 0 Å². The molecule has 2 rings (SSSR count). The van der Waals surface area contributed by atoms with Crippen LogP contribution in [0.3, 0.4) is 0 Å². The highest BCUT2D eigenvalue weighted by atomic mass is 35.5. The molecule has 1 saturated heterocycles. The van der Waals surface area contributed by atoms with Crippen LogP contribution >= 0.6 is 11.6 Å². The second kappa shape index (κ2) is 6.40. The SMILES string of the molecule is CCC(NC(=O)C1CCNC1C)c1cccc(Cl)c1. The lowest BCUT2D eigenvalue weighted by molar-refractivity contribution is -0.125. The summed E-state index contributed by atoms with van der Waals surface area (Å²) in [7, 11) is 0. The van der Waals surface area contributed by atoms with Crippen molar-refractivity contribution < 1.29 is 4.79 Å². The van der Waals surface area contributed by atoms with Crippen LogP contribution in [0.4, 0.5) is 0 Å². The Morgan fingerprint density at radius 2 is 2.37 bits per heavy atom. The number of amides is 1. The molecule has 3 atom stereocenters. The first kappa shape index (κ1) is 14.4. The molecular weight excluding hydrogens is 260 g/mol. The van der Waals surface area contributed by atoms with Crippen molar-refractivity contribution in [2.75, 3.05) is 6.54 Å².